The van der Waals surface area contributed by atoms with Crippen LogP contribution in [0.4, 0.5) is 0 Å². The summed E-state index contributed by atoms with van der Waals surface area (Å²) in [5.74, 6) is 1.54. The van der Waals surface area contributed by atoms with Crippen molar-refractivity contribution in [2.24, 2.45) is 11.8 Å². The largest absolute Gasteiger partial charge is 0.349 e. The summed E-state index contributed by atoms with van der Waals surface area (Å²) in [6, 6.07) is 17.2. The lowest BCUT2D eigenvalue weighted by Crippen LogP contribution is -2.37. The van der Waals surface area contributed by atoms with E-state index in [1.54, 1.807) is 0 Å². The van der Waals surface area contributed by atoms with Gasteiger partial charge in [0.15, 0.2) is 0 Å². The van der Waals surface area contributed by atoms with Crippen LogP contribution in [0.15, 0.2) is 60.3 Å². The Balaban J connectivity index is 1.03. The minimum atomic E-state index is 0.0188. The monoisotopic (exact) mass is 526 g/mol. The second-order valence-corrected chi connectivity index (χ2v) is 12.3. The zero-order valence-corrected chi connectivity index (χ0v) is 23.4. The van der Waals surface area contributed by atoms with Gasteiger partial charge in [0.25, 0.3) is 5.91 Å². The highest BCUT2D eigenvalue weighted by atomic mass is 16.2. The van der Waals surface area contributed by atoms with Crippen LogP contribution >= 0.6 is 0 Å². The fraction of sp³-hybridized carbons (Fsp3) is 0.515. The van der Waals surface area contributed by atoms with Crippen LogP contribution in [-0.4, -0.2) is 71.8 Å². The molecule has 1 saturated carbocycles. The third kappa shape index (κ3) is 5.68. The van der Waals surface area contributed by atoms with Gasteiger partial charge < -0.3 is 10.2 Å². The molecule has 3 fully saturated rings. The number of rotatable bonds is 9. The van der Waals surface area contributed by atoms with Gasteiger partial charge in [-0.25, -0.2) is 0 Å². The van der Waals surface area contributed by atoms with Gasteiger partial charge in [0.05, 0.1) is 6.04 Å². The van der Waals surface area contributed by atoms with Crippen molar-refractivity contribution in [1.82, 2.24) is 20.0 Å². The van der Waals surface area contributed by atoms with Gasteiger partial charge in [-0.3, -0.25) is 19.4 Å². The molecule has 4 aliphatic rings. The fourth-order valence-electron chi connectivity index (χ4n) is 7.43. The van der Waals surface area contributed by atoms with Crippen molar-refractivity contribution >= 4 is 11.8 Å². The van der Waals surface area contributed by atoms with Gasteiger partial charge in [-0.2, -0.15) is 0 Å². The Hall–Kier alpha value is -2.96. The van der Waals surface area contributed by atoms with Crippen molar-refractivity contribution in [3.63, 3.8) is 0 Å². The molecule has 2 aromatic rings. The van der Waals surface area contributed by atoms with Gasteiger partial charge in [0, 0.05) is 69.4 Å². The van der Waals surface area contributed by atoms with Crippen LogP contribution in [0.25, 0.3) is 0 Å². The molecular formula is C33H42N4O2. The average molecular weight is 527 g/mol. The summed E-state index contributed by atoms with van der Waals surface area (Å²) in [6.45, 7) is 9.65. The number of hydrogen-bond acceptors (Lipinski definition) is 4. The predicted molar refractivity (Wildman–Crippen MR) is 154 cm³/mol. The highest BCUT2D eigenvalue weighted by Gasteiger charge is 2.38. The number of piperidine rings is 1. The molecule has 0 aromatic heterocycles. The number of benzene rings is 2. The van der Waals surface area contributed by atoms with E-state index in [1.807, 2.05) is 43.0 Å². The van der Waals surface area contributed by atoms with Crippen molar-refractivity contribution in [1.29, 1.82) is 0 Å². The van der Waals surface area contributed by atoms with E-state index in [-0.39, 0.29) is 17.9 Å². The average Bonchev–Trinajstić information content (AvgIpc) is 3.71. The van der Waals surface area contributed by atoms with Gasteiger partial charge in [-0.05, 0) is 67.7 Å². The maximum absolute atomic E-state index is 13.3. The lowest BCUT2D eigenvalue weighted by Gasteiger charge is -2.27. The van der Waals surface area contributed by atoms with E-state index in [2.05, 4.69) is 45.6 Å². The summed E-state index contributed by atoms with van der Waals surface area (Å²) in [7, 11) is 0. The Morgan fingerprint density at radius 2 is 1.74 bits per heavy atom. The van der Waals surface area contributed by atoms with Gasteiger partial charge in [-0.1, -0.05) is 48.5 Å². The van der Waals surface area contributed by atoms with Crippen molar-refractivity contribution in [2.75, 3.05) is 39.3 Å². The topological polar surface area (TPSA) is 55.9 Å². The summed E-state index contributed by atoms with van der Waals surface area (Å²) in [5, 5.41) is 3.37. The van der Waals surface area contributed by atoms with Crippen molar-refractivity contribution in [3.05, 3.63) is 82.6 Å². The lowest BCUT2D eigenvalue weighted by atomic mass is 10.0. The number of hydrogen-bond donors (Lipinski definition) is 1. The molecule has 6 nitrogen and oxygen atoms in total. The second kappa shape index (κ2) is 11.3. The molecule has 3 aliphatic heterocycles. The Kier molecular flexibility index (Phi) is 7.59. The highest BCUT2D eigenvalue weighted by molar-refractivity contribution is 5.98. The molecule has 6 rings (SSSR count). The predicted octanol–water partition coefficient (Wildman–Crippen LogP) is 4.70. The third-order valence-electron chi connectivity index (χ3n) is 9.52. The Morgan fingerprint density at radius 1 is 0.949 bits per heavy atom. The zero-order valence-electron chi connectivity index (χ0n) is 23.4. The summed E-state index contributed by atoms with van der Waals surface area (Å²) in [4.78, 5) is 33.2. The summed E-state index contributed by atoms with van der Waals surface area (Å²) < 4.78 is 0. The summed E-state index contributed by atoms with van der Waals surface area (Å²) >= 11 is 0. The van der Waals surface area contributed by atoms with Gasteiger partial charge >= 0.3 is 0 Å². The maximum Gasteiger partial charge on any atom is 0.258 e. The summed E-state index contributed by atoms with van der Waals surface area (Å²) in [5.41, 5.74) is 5.45. The van der Waals surface area contributed by atoms with Crippen molar-refractivity contribution in [2.45, 2.75) is 58.0 Å². The minimum Gasteiger partial charge on any atom is -0.349 e. The van der Waals surface area contributed by atoms with Gasteiger partial charge in [0.2, 0.25) is 5.91 Å². The molecule has 206 valence electrons. The number of aryl methyl sites for hydroxylation is 2. The van der Waals surface area contributed by atoms with E-state index < -0.39 is 0 Å². The van der Waals surface area contributed by atoms with E-state index in [4.69, 9.17) is 0 Å². The first kappa shape index (κ1) is 26.3. The standard InChI is InChI=1S/C33H42N4O2/c1-23-7-6-8-24(2)32(23)33(39)37-21-27-19-35(20-28(27)22-37)15-13-30(26-9-4-3-5-10-26)34-31(38)14-16-36-18-25-11-12-29(36)17-25/h3-10,21,25,28-30H,11-20,22H2,1-2H3,(H,34,38)/t25?,28?,29?,30-/m0/s1. The molecule has 3 unspecified atom stereocenters. The Bertz CT molecular complexity index is 1220. The number of likely N-dealkylation sites (tertiary alicyclic amines) is 2. The first-order valence-electron chi connectivity index (χ1n) is 14.8. The molecular weight excluding hydrogens is 484 g/mol. The quantitative estimate of drug-likeness (QED) is 0.515. The molecule has 2 saturated heterocycles. The number of nitrogens with one attached hydrogen (secondary N) is 1. The number of carbonyl (C=O) groups excluding carboxylic acids is 2. The molecule has 4 atom stereocenters. The SMILES string of the molecule is Cc1cccc(C)c1C(=O)N1C=C2CN(CC[C@H](NC(=O)CCN3CC4CCC3C4)c3ccccc3)CC2C1. The zero-order chi connectivity index (χ0) is 26.9. The molecule has 2 aromatic carbocycles. The third-order valence-corrected chi connectivity index (χ3v) is 9.52. The number of nitrogens with zero attached hydrogens (tertiary/aromatic N) is 3. The maximum atomic E-state index is 13.3. The van der Waals surface area contributed by atoms with Crippen LogP contribution in [0.5, 0.6) is 0 Å². The minimum absolute atomic E-state index is 0.0188. The molecule has 1 aliphatic carbocycles. The Labute approximate surface area is 233 Å². The second-order valence-electron chi connectivity index (χ2n) is 12.3. The molecule has 0 radical (unpaired) electrons. The van der Waals surface area contributed by atoms with Gasteiger partial charge in [0.1, 0.15) is 0 Å². The van der Waals surface area contributed by atoms with E-state index >= 15 is 0 Å². The highest BCUT2D eigenvalue weighted by Crippen LogP contribution is 2.37. The number of fused-ring (bicyclic) bond motifs is 3. The van der Waals surface area contributed by atoms with E-state index in [1.165, 1.54) is 36.9 Å². The molecule has 1 N–H and O–H groups in total. The first-order valence-corrected chi connectivity index (χ1v) is 14.8. The van der Waals surface area contributed by atoms with Crippen LogP contribution in [0.1, 0.15) is 65.2 Å². The van der Waals surface area contributed by atoms with Gasteiger partial charge in [-0.15, -0.1) is 0 Å². The van der Waals surface area contributed by atoms with Crippen LogP contribution in [0.2, 0.25) is 0 Å². The van der Waals surface area contributed by atoms with E-state index in [0.29, 0.717) is 18.4 Å². The summed E-state index contributed by atoms with van der Waals surface area (Å²) in [6.07, 6.45) is 7.58. The lowest BCUT2D eigenvalue weighted by molar-refractivity contribution is -0.122. The smallest absolute Gasteiger partial charge is 0.258 e. The molecule has 0 spiro atoms. The van der Waals surface area contributed by atoms with Crippen molar-refractivity contribution in [3.8, 4) is 0 Å². The molecule has 39 heavy (non-hydrogen) atoms. The van der Waals surface area contributed by atoms with E-state index in [0.717, 1.165) is 61.8 Å². The number of carbonyl (C=O) groups is 2. The van der Waals surface area contributed by atoms with Crippen LogP contribution < -0.4 is 5.32 Å². The normalized spacial score (nSPS) is 25.1. The van der Waals surface area contributed by atoms with E-state index in [9.17, 15) is 9.59 Å². The van der Waals surface area contributed by atoms with Crippen LogP contribution in [0.3, 0.4) is 0 Å². The van der Waals surface area contributed by atoms with Crippen LogP contribution in [-0.2, 0) is 4.79 Å². The molecule has 2 bridgehead atoms. The molecule has 6 heteroatoms. The Morgan fingerprint density at radius 3 is 2.44 bits per heavy atom. The number of amides is 2. The van der Waals surface area contributed by atoms with Crippen molar-refractivity contribution < 1.29 is 9.59 Å². The molecule has 2 amide bonds. The first-order chi connectivity index (χ1) is 18.9. The molecule has 3 heterocycles. The van der Waals surface area contributed by atoms with Crippen LogP contribution in [0, 0.1) is 25.7 Å². The fourth-order valence-corrected chi connectivity index (χ4v) is 7.43.